The molecule has 160 valence electrons. The highest BCUT2D eigenvalue weighted by atomic mass is 35.5. The van der Waals surface area contributed by atoms with Gasteiger partial charge in [0.05, 0.1) is 5.69 Å². The topological polar surface area (TPSA) is 76.1 Å². The van der Waals surface area contributed by atoms with E-state index in [0.717, 1.165) is 16.9 Å². The maximum atomic E-state index is 12.3. The van der Waals surface area contributed by atoms with Crippen LogP contribution in [0.4, 0.5) is 17.2 Å². The van der Waals surface area contributed by atoms with Crippen molar-refractivity contribution in [3.63, 3.8) is 0 Å². The zero-order valence-corrected chi connectivity index (χ0v) is 18.1. The number of carbonyl (C=O) groups excluding carboxylic acids is 1. The molecular weight excluding hydrogens is 424 g/mol. The van der Waals surface area contributed by atoms with Crippen molar-refractivity contribution in [2.75, 3.05) is 17.2 Å². The third kappa shape index (κ3) is 5.83. The molecule has 4 rings (SSSR count). The van der Waals surface area contributed by atoms with Crippen LogP contribution in [0, 0.1) is 6.92 Å². The van der Waals surface area contributed by atoms with E-state index in [2.05, 4.69) is 20.6 Å². The van der Waals surface area contributed by atoms with E-state index in [1.54, 1.807) is 24.3 Å². The lowest BCUT2D eigenvalue weighted by Crippen LogP contribution is -2.20. The fraction of sp³-hybridized carbons (Fsp3) is 0.0800. The molecule has 0 aliphatic carbocycles. The lowest BCUT2D eigenvalue weighted by molar-refractivity contribution is -0.118. The van der Waals surface area contributed by atoms with Crippen molar-refractivity contribution in [1.29, 1.82) is 0 Å². The van der Waals surface area contributed by atoms with Gasteiger partial charge in [-0.15, -0.1) is 0 Å². The second-order valence-corrected chi connectivity index (χ2v) is 7.48. The number of rotatable bonds is 7. The van der Waals surface area contributed by atoms with Gasteiger partial charge >= 0.3 is 0 Å². The van der Waals surface area contributed by atoms with E-state index in [0.29, 0.717) is 28.1 Å². The number of hydrogen-bond acceptors (Lipinski definition) is 5. The summed E-state index contributed by atoms with van der Waals surface area (Å²) in [6.45, 7) is 1.75. The number of amides is 1. The van der Waals surface area contributed by atoms with Crippen LogP contribution >= 0.6 is 11.6 Å². The molecule has 3 aromatic carbocycles. The van der Waals surface area contributed by atoms with Gasteiger partial charge in [-0.1, -0.05) is 48.0 Å². The van der Waals surface area contributed by atoms with Crippen molar-refractivity contribution in [2.24, 2.45) is 0 Å². The van der Waals surface area contributed by atoms with Crippen LogP contribution < -0.4 is 15.4 Å². The Balaban J connectivity index is 1.41. The van der Waals surface area contributed by atoms with Crippen LogP contribution in [0.1, 0.15) is 5.82 Å². The zero-order chi connectivity index (χ0) is 22.3. The summed E-state index contributed by atoms with van der Waals surface area (Å²) in [7, 11) is 0. The van der Waals surface area contributed by atoms with Gasteiger partial charge in [-0.2, -0.15) is 0 Å². The standard InChI is InChI=1S/C25H21ClN4O2/c1-17-27-23(18-6-3-2-4-7-18)15-24(28-17)29-20-8-5-9-21(14-20)30-25(31)16-32-22-12-10-19(26)11-13-22/h2-15H,16H2,1H3,(H,30,31)(H,27,28,29). The molecule has 0 saturated heterocycles. The minimum Gasteiger partial charge on any atom is -0.484 e. The molecule has 1 amide bonds. The predicted molar refractivity (Wildman–Crippen MR) is 128 cm³/mol. The molecule has 0 aliphatic heterocycles. The van der Waals surface area contributed by atoms with Crippen molar-refractivity contribution in [3.05, 3.63) is 95.8 Å². The first kappa shape index (κ1) is 21.3. The van der Waals surface area contributed by atoms with Gasteiger partial charge in [-0.25, -0.2) is 9.97 Å². The second-order valence-electron chi connectivity index (χ2n) is 7.05. The number of carbonyl (C=O) groups is 1. The van der Waals surface area contributed by atoms with Gasteiger partial charge in [-0.3, -0.25) is 4.79 Å². The first-order chi connectivity index (χ1) is 15.5. The summed E-state index contributed by atoms with van der Waals surface area (Å²) in [5.41, 5.74) is 3.29. The minimum atomic E-state index is -0.263. The first-order valence-corrected chi connectivity index (χ1v) is 10.4. The number of hydrogen-bond donors (Lipinski definition) is 2. The highest BCUT2D eigenvalue weighted by molar-refractivity contribution is 6.30. The number of ether oxygens (including phenoxy) is 1. The average Bonchev–Trinajstić information content (AvgIpc) is 2.79. The SMILES string of the molecule is Cc1nc(Nc2cccc(NC(=O)COc3ccc(Cl)cc3)c2)cc(-c2ccccc2)n1. The fourth-order valence-corrected chi connectivity index (χ4v) is 3.21. The van der Waals surface area contributed by atoms with Gasteiger partial charge in [0.25, 0.3) is 5.91 Å². The molecule has 0 aliphatic rings. The lowest BCUT2D eigenvalue weighted by Gasteiger charge is -2.11. The highest BCUT2D eigenvalue weighted by Gasteiger charge is 2.07. The monoisotopic (exact) mass is 444 g/mol. The molecule has 0 saturated carbocycles. The Morgan fingerprint density at radius 2 is 1.66 bits per heavy atom. The third-order valence-electron chi connectivity index (χ3n) is 4.51. The summed E-state index contributed by atoms with van der Waals surface area (Å²) in [6.07, 6.45) is 0. The molecule has 0 radical (unpaired) electrons. The molecule has 2 N–H and O–H groups in total. The van der Waals surface area contributed by atoms with Gasteiger partial charge < -0.3 is 15.4 Å². The van der Waals surface area contributed by atoms with Crippen LogP contribution in [0.15, 0.2) is 84.9 Å². The Bertz CT molecular complexity index is 1210. The fourth-order valence-electron chi connectivity index (χ4n) is 3.09. The summed E-state index contributed by atoms with van der Waals surface area (Å²) >= 11 is 5.85. The van der Waals surface area contributed by atoms with E-state index in [-0.39, 0.29) is 12.5 Å². The Morgan fingerprint density at radius 3 is 2.44 bits per heavy atom. The van der Waals surface area contributed by atoms with Crippen molar-refractivity contribution < 1.29 is 9.53 Å². The molecule has 1 heterocycles. The molecule has 0 atom stereocenters. The van der Waals surface area contributed by atoms with Crippen molar-refractivity contribution in [1.82, 2.24) is 9.97 Å². The third-order valence-corrected chi connectivity index (χ3v) is 4.76. The Labute approximate surface area is 191 Å². The molecule has 7 heteroatoms. The highest BCUT2D eigenvalue weighted by Crippen LogP contribution is 2.23. The Kier molecular flexibility index (Phi) is 6.63. The molecule has 1 aromatic heterocycles. The molecule has 4 aromatic rings. The Morgan fingerprint density at radius 1 is 0.906 bits per heavy atom. The minimum absolute atomic E-state index is 0.106. The number of halogens is 1. The zero-order valence-electron chi connectivity index (χ0n) is 17.4. The number of aryl methyl sites for hydroxylation is 1. The van der Waals surface area contributed by atoms with E-state index in [4.69, 9.17) is 16.3 Å². The molecule has 0 unspecified atom stereocenters. The smallest absolute Gasteiger partial charge is 0.262 e. The van der Waals surface area contributed by atoms with Crippen molar-refractivity contribution in [3.8, 4) is 17.0 Å². The van der Waals surface area contributed by atoms with Gasteiger partial charge in [0.15, 0.2) is 6.61 Å². The van der Waals surface area contributed by atoms with Crippen LogP contribution in [0.3, 0.4) is 0 Å². The van der Waals surface area contributed by atoms with E-state index in [1.807, 2.05) is 67.6 Å². The van der Waals surface area contributed by atoms with Gasteiger partial charge in [0, 0.05) is 28.0 Å². The number of nitrogens with one attached hydrogen (secondary N) is 2. The van der Waals surface area contributed by atoms with Gasteiger partial charge in [-0.05, 0) is 49.4 Å². The summed E-state index contributed by atoms with van der Waals surface area (Å²) in [6, 6.07) is 26.1. The first-order valence-electron chi connectivity index (χ1n) is 10.0. The molecule has 0 fully saturated rings. The van der Waals surface area contributed by atoms with Gasteiger partial charge in [0.2, 0.25) is 0 Å². The maximum absolute atomic E-state index is 12.3. The average molecular weight is 445 g/mol. The molecule has 0 spiro atoms. The normalized spacial score (nSPS) is 10.4. The van der Waals surface area contributed by atoms with E-state index < -0.39 is 0 Å². The number of benzene rings is 3. The van der Waals surface area contributed by atoms with Crippen LogP contribution in [0.25, 0.3) is 11.3 Å². The van der Waals surface area contributed by atoms with E-state index in [1.165, 1.54) is 0 Å². The predicted octanol–water partition coefficient (Wildman–Crippen LogP) is 5.87. The van der Waals surface area contributed by atoms with E-state index in [9.17, 15) is 4.79 Å². The van der Waals surface area contributed by atoms with Crippen molar-refractivity contribution >= 4 is 34.7 Å². The quantitative estimate of drug-likeness (QED) is 0.373. The van der Waals surface area contributed by atoms with Gasteiger partial charge in [0.1, 0.15) is 17.4 Å². The molecular formula is C25H21ClN4O2. The molecule has 6 nitrogen and oxygen atoms in total. The van der Waals surface area contributed by atoms with Crippen LogP contribution in [-0.4, -0.2) is 22.5 Å². The maximum Gasteiger partial charge on any atom is 0.262 e. The Hall–Kier alpha value is -3.90. The number of aromatic nitrogens is 2. The van der Waals surface area contributed by atoms with Crippen molar-refractivity contribution in [2.45, 2.75) is 6.92 Å². The second kappa shape index (κ2) is 9.94. The summed E-state index contributed by atoms with van der Waals surface area (Å²) in [4.78, 5) is 21.3. The molecule has 0 bridgehead atoms. The number of anilines is 3. The number of nitrogens with zero attached hydrogens (tertiary/aromatic N) is 2. The summed E-state index contributed by atoms with van der Waals surface area (Å²) in [5, 5.41) is 6.73. The lowest BCUT2D eigenvalue weighted by atomic mass is 10.1. The van der Waals surface area contributed by atoms with Crippen LogP contribution in [0.5, 0.6) is 5.75 Å². The summed E-state index contributed by atoms with van der Waals surface area (Å²) < 4.78 is 5.49. The summed E-state index contributed by atoms with van der Waals surface area (Å²) in [5.74, 6) is 1.65. The van der Waals surface area contributed by atoms with E-state index >= 15 is 0 Å². The largest absolute Gasteiger partial charge is 0.484 e. The van der Waals surface area contributed by atoms with Crippen LogP contribution in [-0.2, 0) is 4.79 Å². The molecule has 32 heavy (non-hydrogen) atoms. The van der Waals surface area contributed by atoms with Crippen LogP contribution in [0.2, 0.25) is 5.02 Å².